The summed E-state index contributed by atoms with van der Waals surface area (Å²) in [6.45, 7) is 49.2. The Morgan fingerprint density at radius 1 is 0.412 bits per heavy atom. The summed E-state index contributed by atoms with van der Waals surface area (Å²) >= 11 is 0. The zero-order valence-electron chi connectivity index (χ0n) is 69.1. The monoisotopic (exact) mass is 1430 g/mol. The molecule has 6 saturated carbocycles. The largest absolute Gasteiger partial charge is 0.462 e. The highest BCUT2D eigenvalue weighted by Crippen LogP contribution is 2.54. The molecule has 7 aliphatic carbocycles. The normalized spacial score (nSPS) is 44.1. The molecule has 12 heteroatoms. The molecule has 0 aromatic rings. The molecular formula is C90H152O12. The minimum absolute atomic E-state index is 0.0177. The number of rotatable bonds is 11. The quantitative estimate of drug-likeness (QED) is 0.143. The SMILES string of the molecule is CCC1(C)CCC2C(C)CC(=O)OC2C1.CCC1(C)CCC2C(C)CCOC2C1.CCC1(C)CCC2C(C)COC2C1.CCCC1(C)C=C2OC(=O)C(C)C2CC1.CCCC1(C)CCC2=C(C)C(=O)OC2C1.CCCC1(C)CCC2C(C1)OC(=O)C2C.CCCC1(C)CC[C@@H]2C(C1)OC(=O)C2C. The van der Waals surface area contributed by atoms with Crippen molar-refractivity contribution >= 4 is 29.8 Å². The van der Waals surface area contributed by atoms with Gasteiger partial charge in [0.05, 0.1) is 30.0 Å². The molecule has 12 nitrogen and oxygen atoms in total. The molecule has 0 bridgehead atoms. The van der Waals surface area contributed by atoms with Crippen LogP contribution in [0.4, 0.5) is 0 Å². The molecule has 0 radical (unpaired) electrons. The number of esters is 5. The Morgan fingerprint density at radius 2 is 0.843 bits per heavy atom. The van der Waals surface area contributed by atoms with Crippen LogP contribution in [0.5, 0.6) is 0 Å². The van der Waals surface area contributed by atoms with Gasteiger partial charge in [0.1, 0.15) is 30.2 Å². The number of carbonyl (C=O) groups excluding carboxylic acids is 5. The van der Waals surface area contributed by atoms with Crippen LogP contribution in [0.25, 0.3) is 0 Å². The van der Waals surface area contributed by atoms with E-state index in [2.05, 4.69) is 124 Å². The first-order valence-corrected chi connectivity index (χ1v) is 42.7. The number of carbonyl (C=O) groups is 5. The van der Waals surface area contributed by atoms with Gasteiger partial charge in [-0.15, -0.1) is 0 Å². The Hall–Kier alpha value is -3.25. The fourth-order valence-electron chi connectivity index (χ4n) is 22.1. The maximum absolute atomic E-state index is 11.5. The average molecular weight is 1430 g/mol. The Kier molecular flexibility index (Phi) is 29.7. The molecule has 0 spiro atoms. The minimum atomic E-state index is -0.0873. The zero-order chi connectivity index (χ0) is 74.9. The second kappa shape index (κ2) is 35.9. The maximum Gasteiger partial charge on any atom is 0.334 e. The van der Waals surface area contributed by atoms with Crippen LogP contribution in [0, 0.1) is 109 Å². The third kappa shape index (κ3) is 21.0. The third-order valence-corrected chi connectivity index (χ3v) is 30.4. The number of allylic oxidation sites excluding steroid dienone is 2. The molecule has 14 aliphatic rings. The van der Waals surface area contributed by atoms with E-state index in [1.165, 1.54) is 173 Å². The molecule has 0 aromatic heterocycles. The zero-order valence-corrected chi connectivity index (χ0v) is 69.1. The summed E-state index contributed by atoms with van der Waals surface area (Å²) in [4.78, 5) is 57.3. The molecule has 0 amide bonds. The lowest BCUT2D eigenvalue weighted by Crippen LogP contribution is -2.44. The third-order valence-electron chi connectivity index (χ3n) is 30.4. The first-order chi connectivity index (χ1) is 48.1. The van der Waals surface area contributed by atoms with E-state index in [9.17, 15) is 24.0 Å². The molecule has 102 heavy (non-hydrogen) atoms. The van der Waals surface area contributed by atoms with E-state index in [4.69, 9.17) is 33.2 Å². The molecule has 25 atom stereocenters. The number of ether oxygens (including phenoxy) is 7. The van der Waals surface area contributed by atoms with Crippen LogP contribution in [0.1, 0.15) is 357 Å². The predicted molar refractivity (Wildman–Crippen MR) is 411 cm³/mol. The molecule has 6 saturated heterocycles. The summed E-state index contributed by atoms with van der Waals surface area (Å²) in [5, 5.41) is 0. The summed E-state index contributed by atoms with van der Waals surface area (Å²) < 4.78 is 39.0. The summed E-state index contributed by atoms with van der Waals surface area (Å²) in [5.41, 5.74) is 5.16. The Morgan fingerprint density at radius 3 is 1.34 bits per heavy atom. The average Bonchev–Trinajstić information content (AvgIpc) is 1.64. The first kappa shape index (κ1) is 84.4. The van der Waals surface area contributed by atoms with Gasteiger partial charge in [-0.3, -0.25) is 19.2 Å². The van der Waals surface area contributed by atoms with Crippen LogP contribution in [-0.2, 0) is 57.1 Å². The van der Waals surface area contributed by atoms with E-state index >= 15 is 0 Å². The summed E-state index contributed by atoms with van der Waals surface area (Å²) in [7, 11) is 0. The van der Waals surface area contributed by atoms with Crippen molar-refractivity contribution in [3.8, 4) is 0 Å². The second-order valence-corrected chi connectivity index (χ2v) is 39.0. The van der Waals surface area contributed by atoms with E-state index < -0.39 is 0 Å². The van der Waals surface area contributed by atoms with Gasteiger partial charge < -0.3 is 33.2 Å². The Bertz CT molecular complexity index is 2790. The van der Waals surface area contributed by atoms with Gasteiger partial charge >= 0.3 is 29.8 Å². The molecule has 584 valence electrons. The standard InChI is InChI=1S/3C13H22O2.2C13H20O2.C13H24O.C12H22O/c1-4-13(3)6-5-10-9(2)7-12(14)15-11(10)8-13;4*1-4-6-13(3)7-5-10-9(2)12(14)15-11(10)8-13;1-4-13(3)7-5-11-10(2)6-8-14-12(11)9-13;1-4-12(3)6-5-10-9(2)8-13-11(10)7-12/h3*9-11H,4-8H2,1-3H3;11H,4-8H2,1-3H3;8-10H,4-7H2,1-3H3;10-12H,4-9H2,1-3H3;9-11H,4-8H2,1-3H3/t;9?,10-,11?,13?;;;;;/m.0...../s1. The minimum Gasteiger partial charge on any atom is -0.462 e. The molecule has 0 aromatic carbocycles. The highest BCUT2D eigenvalue weighted by atomic mass is 16.6. The lowest BCUT2D eigenvalue weighted by Gasteiger charge is -2.46. The number of hydrogen-bond acceptors (Lipinski definition) is 12. The smallest absolute Gasteiger partial charge is 0.334 e. The number of fused-ring (bicyclic) bond motifs is 7. The highest BCUT2D eigenvalue weighted by Gasteiger charge is 2.52. The van der Waals surface area contributed by atoms with Crippen LogP contribution in [0.2, 0.25) is 0 Å². The van der Waals surface area contributed by atoms with Crippen molar-refractivity contribution in [2.24, 2.45) is 109 Å². The van der Waals surface area contributed by atoms with Gasteiger partial charge in [0.25, 0.3) is 0 Å². The molecular weight excluding hydrogens is 1270 g/mol. The van der Waals surface area contributed by atoms with Gasteiger partial charge in [-0.25, -0.2) is 4.79 Å². The van der Waals surface area contributed by atoms with Crippen molar-refractivity contribution in [3.63, 3.8) is 0 Å². The van der Waals surface area contributed by atoms with Crippen LogP contribution in [0.3, 0.4) is 0 Å². The Labute approximate surface area is 622 Å². The van der Waals surface area contributed by atoms with Crippen molar-refractivity contribution in [1.29, 1.82) is 0 Å². The molecule has 7 aliphatic heterocycles. The van der Waals surface area contributed by atoms with Gasteiger partial charge in [0.15, 0.2) is 0 Å². The highest BCUT2D eigenvalue weighted by molar-refractivity contribution is 5.91. The lowest BCUT2D eigenvalue weighted by molar-refractivity contribution is -0.170. The van der Waals surface area contributed by atoms with E-state index in [0.717, 1.165) is 86.7 Å². The van der Waals surface area contributed by atoms with Gasteiger partial charge in [0, 0.05) is 43.0 Å². The summed E-state index contributed by atoms with van der Waals surface area (Å²) in [6, 6.07) is 0. The van der Waals surface area contributed by atoms with E-state index in [0.29, 0.717) is 80.7 Å². The van der Waals surface area contributed by atoms with Gasteiger partial charge in [-0.05, 0) is 253 Å². The lowest BCUT2D eigenvalue weighted by atomic mass is 9.65. The van der Waals surface area contributed by atoms with Gasteiger partial charge in [-0.1, -0.05) is 183 Å². The first-order valence-electron chi connectivity index (χ1n) is 42.7. The maximum atomic E-state index is 11.5. The molecule has 12 fully saturated rings. The van der Waals surface area contributed by atoms with E-state index in [1.807, 2.05) is 27.7 Å². The summed E-state index contributed by atoms with van der Waals surface area (Å²) in [6.07, 6.45) is 44.2. The molecule has 14 rings (SSSR count). The van der Waals surface area contributed by atoms with E-state index in [1.54, 1.807) is 0 Å². The van der Waals surface area contributed by atoms with Gasteiger partial charge in [0.2, 0.25) is 0 Å². The fraction of sp³-hybridized carbons (Fsp3) is 0.900. The van der Waals surface area contributed by atoms with Crippen LogP contribution < -0.4 is 0 Å². The molecule has 24 unspecified atom stereocenters. The van der Waals surface area contributed by atoms with Crippen molar-refractivity contribution < 1.29 is 57.1 Å². The second-order valence-electron chi connectivity index (χ2n) is 39.0. The van der Waals surface area contributed by atoms with Crippen molar-refractivity contribution in [1.82, 2.24) is 0 Å². The van der Waals surface area contributed by atoms with Crippen LogP contribution in [-0.4, -0.2) is 79.7 Å². The van der Waals surface area contributed by atoms with E-state index in [-0.39, 0.29) is 77.4 Å². The number of hydrogen-bond donors (Lipinski definition) is 0. The van der Waals surface area contributed by atoms with Crippen molar-refractivity contribution in [2.45, 2.75) is 394 Å². The fourth-order valence-corrected chi connectivity index (χ4v) is 22.1. The van der Waals surface area contributed by atoms with Crippen LogP contribution >= 0.6 is 0 Å². The Balaban J connectivity index is 0.000000151. The summed E-state index contributed by atoms with van der Waals surface area (Å²) in [5.74, 6) is 7.24. The van der Waals surface area contributed by atoms with Crippen molar-refractivity contribution in [3.05, 3.63) is 23.0 Å². The molecule has 7 heterocycles. The topological polar surface area (TPSA) is 150 Å². The predicted octanol–water partition coefficient (Wildman–Crippen LogP) is 22.8. The van der Waals surface area contributed by atoms with Crippen LogP contribution in [0.15, 0.2) is 23.0 Å². The van der Waals surface area contributed by atoms with Crippen molar-refractivity contribution in [2.75, 3.05) is 13.2 Å². The van der Waals surface area contributed by atoms with Gasteiger partial charge in [-0.2, -0.15) is 0 Å². The molecule has 0 N–H and O–H groups in total.